The molecule has 1 spiro atoms. The van der Waals surface area contributed by atoms with Crippen LogP contribution >= 0.6 is 0 Å². The Kier molecular flexibility index (Phi) is 5.76. The number of rotatable bonds is 4. The predicted molar refractivity (Wildman–Crippen MR) is 106 cm³/mol. The number of aliphatic hydroxyl groups excluding tert-OH is 1. The molecule has 1 heterocycles. The fourth-order valence-corrected chi connectivity index (χ4v) is 3.96. The van der Waals surface area contributed by atoms with Gasteiger partial charge in [0.2, 0.25) is 0 Å². The monoisotopic (exact) mass is 388 g/mol. The highest BCUT2D eigenvalue weighted by Gasteiger charge is 2.53. The number of amides is 1. The van der Waals surface area contributed by atoms with Gasteiger partial charge in [-0.25, -0.2) is 4.79 Å². The van der Waals surface area contributed by atoms with Crippen molar-refractivity contribution in [2.45, 2.75) is 58.8 Å². The largest absolute Gasteiger partial charge is 0.412 e. The van der Waals surface area contributed by atoms with Gasteiger partial charge in [0.15, 0.2) is 12.0 Å². The summed E-state index contributed by atoms with van der Waals surface area (Å²) in [6.07, 6.45) is -0.158. The van der Waals surface area contributed by atoms with Crippen molar-refractivity contribution in [1.29, 1.82) is 0 Å². The normalized spacial score (nSPS) is 25.6. The molecule has 0 aromatic heterocycles. The van der Waals surface area contributed by atoms with Crippen LogP contribution in [0.2, 0.25) is 0 Å². The molecule has 2 N–H and O–H groups in total. The van der Waals surface area contributed by atoms with Crippen LogP contribution in [0.25, 0.3) is 5.57 Å². The maximum atomic E-state index is 12.3. The van der Waals surface area contributed by atoms with Gasteiger partial charge in [0.1, 0.15) is 12.7 Å². The van der Waals surface area contributed by atoms with Crippen LogP contribution in [-0.2, 0) is 14.3 Å². The number of ether oxygens (including phenoxy) is 2. The van der Waals surface area contributed by atoms with E-state index in [4.69, 9.17) is 14.3 Å². The van der Waals surface area contributed by atoms with Crippen LogP contribution in [0.4, 0.5) is 4.79 Å². The number of nitrogens with one attached hydrogen (secondary N) is 1. The maximum Gasteiger partial charge on any atom is 0.412 e. The second kappa shape index (κ2) is 7.93. The second-order valence-electron chi connectivity index (χ2n) is 7.40. The minimum atomic E-state index is -1.19. The molecule has 1 saturated carbocycles. The van der Waals surface area contributed by atoms with Gasteiger partial charge in [-0.3, -0.25) is 0 Å². The number of benzene rings is 1. The summed E-state index contributed by atoms with van der Waals surface area (Å²) in [7, 11) is 1.49. The van der Waals surface area contributed by atoms with E-state index in [1.54, 1.807) is 0 Å². The molecule has 152 valence electrons. The van der Waals surface area contributed by atoms with Crippen molar-refractivity contribution in [2.75, 3.05) is 13.7 Å². The Morgan fingerprint density at radius 3 is 2.71 bits per heavy atom. The Morgan fingerprint density at radius 2 is 2.04 bits per heavy atom. The first-order chi connectivity index (χ1) is 13.3. The van der Waals surface area contributed by atoms with E-state index in [0.717, 1.165) is 28.0 Å². The third kappa shape index (κ3) is 3.64. The van der Waals surface area contributed by atoms with E-state index in [-0.39, 0.29) is 0 Å². The first-order valence-electron chi connectivity index (χ1n) is 9.54. The number of nitrogens with zero attached hydrogens (tertiary/aromatic N) is 1. The highest BCUT2D eigenvalue weighted by molar-refractivity contribution is 5.90. The number of aliphatic hydroxyl groups is 1. The Hall–Kier alpha value is -2.38. The highest BCUT2D eigenvalue weighted by Crippen LogP contribution is 2.49. The molecule has 1 amide bonds. The molecule has 1 aliphatic carbocycles. The molecule has 3 rings (SSSR count). The summed E-state index contributed by atoms with van der Waals surface area (Å²) in [5.41, 5.74) is 4.44. The number of aryl methyl sites for hydroxylation is 3. The van der Waals surface area contributed by atoms with Gasteiger partial charge >= 0.3 is 6.09 Å². The summed E-state index contributed by atoms with van der Waals surface area (Å²) < 4.78 is 11.7. The number of oxime groups is 1. The predicted octanol–water partition coefficient (Wildman–Crippen LogP) is 3.34. The molecule has 2 aliphatic rings. The molecule has 1 fully saturated rings. The zero-order valence-electron chi connectivity index (χ0n) is 17.1. The molecule has 28 heavy (non-hydrogen) atoms. The quantitative estimate of drug-likeness (QED) is 0.772. The van der Waals surface area contributed by atoms with E-state index in [0.29, 0.717) is 37.1 Å². The van der Waals surface area contributed by atoms with Crippen LogP contribution in [0, 0.1) is 20.8 Å². The second-order valence-corrected chi connectivity index (χ2v) is 7.40. The highest BCUT2D eigenvalue weighted by atomic mass is 16.7. The third-order valence-electron chi connectivity index (χ3n) is 5.42. The van der Waals surface area contributed by atoms with Gasteiger partial charge in [0, 0.05) is 13.0 Å². The molecule has 0 bridgehead atoms. The van der Waals surface area contributed by atoms with Crippen molar-refractivity contribution >= 4 is 17.4 Å². The number of carbonyl (C=O) groups excluding carboxylic acids is 1. The van der Waals surface area contributed by atoms with E-state index in [1.165, 1.54) is 7.11 Å². The third-order valence-corrected chi connectivity index (χ3v) is 5.42. The molecular weight excluding hydrogens is 360 g/mol. The van der Waals surface area contributed by atoms with Gasteiger partial charge in [-0.1, -0.05) is 17.3 Å². The smallest absolute Gasteiger partial charge is 0.411 e. The van der Waals surface area contributed by atoms with Gasteiger partial charge in [-0.15, -0.1) is 0 Å². The standard InChI is InChI=1S/C21H28N2O5/c1-6-22-20(25)27-18-17(16-10-13(3)12(2)9-14(16)4)19(24)28-21(18)8-7-15(11-21)23-26-5/h9-10,19,24H,6-8,11H2,1-5H3,(H,22,25)/b23-15-. The lowest BCUT2D eigenvalue weighted by Crippen LogP contribution is -2.34. The van der Waals surface area contributed by atoms with Crippen molar-refractivity contribution < 1.29 is 24.2 Å². The van der Waals surface area contributed by atoms with Crippen LogP contribution in [-0.4, -0.2) is 42.5 Å². The van der Waals surface area contributed by atoms with Gasteiger partial charge in [-0.2, -0.15) is 0 Å². The van der Waals surface area contributed by atoms with Crippen LogP contribution in [0.5, 0.6) is 0 Å². The van der Waals surface area contributed by atoms with Crippen molar-refractivity contribution in [3.05, 3.63) is 40.1 Å². The fraction of sp³-hybridized carbons (Fsp3) is 0.524. The minimum Gasteiger partial charge on any atom is -0.411 e. The van der Waals surface area contributed by atoms with Crippen molar-refractivity contribution in [1.82, 2.24) is 5.32 Å². The van der Waals surface area contributed by atoms with Crippen molar-refractivity contribution in [3.8, 4) is 0 Å². The van der Waals surface area contributed by atoms with E-state index >= 15 is 0 Å². The molecule has 0 radical (unpaired) electrons. The zero-order valence-corrected chi connectivity index (χ0v) is 17.1. The Bertz CT molecular complexity index is 845. The summed E-state index contributed by atoms with van der Waals surface area (Å²) in [4.78, 5) is 17.2. The number of carbonyl (C=O) groups is 1. The first-order valence-corrected chi connectivity index (χ1v) is 9.54. The van der Waals surface area contributed by atoms with Crippen molar-refractivity contribution in [3.63, 3.8) is 0 Å². The van der Waals surface area contributed by atoms with Gasteiger partial charge in [0.05, 0.1) is 11.3 Å². The topological polar surface area (TPSA) is 89.4 Å². The lowest BCUT2D eigenvalue weighted by Gasteiger charge is -2.25. The van der Waals surface area contributed by atoms with Gasteiger partial charge in [0.25, 0.3) is 0 Å². The van der Waals surface area contributed by atoms with Crippen LogP contribution in [0.1, 0.15) is 48.4 Å². The van der Waals surface area contributed by atoms with Gasteiger partial charge in [-0.05, 0) is 62.8 Å². The summed E-state index contributed by atoms with van der Waals surface area (Å²) in [6.45, 7) is 8.29. The Morgan fingerprint density at radius 1 is 1.32 bits per heavy atom. The van der Waals surface area contributed by atoms with E-state index in [1.807, 2.05) is 33.8 Å². The average Bonchev–Trinajstić information content (AvgIpc) is 3.13. The minimum absolute atomic E-state index is 0.360. The zero-order chi connectivity index (χ0) is 20.5. The number of hydrogen-bond donors (Lipinski definition) is 2. The van der Waals surface area contributed by atoms with Gasteiger partial charge < -0.3 is 24.7 Å². The van der Waals surface area contributed by atoms with Crippen LogP contribution < -0.4 is 5.32 Å². The number of alkyl carbamates (subject to hydrolysis) is 1. The summed E-state index contributed by atoms with van der Waals surface area (Å²) in [6, 6.07) is 4.07. The van der Waals surface area contributed by atoms with Crippen molar-refractivity contribution in [2.24, 2.45) is 5.16 Å². The Labute approximate surface area is 165 Å². The van der Waals surface area contributed by atoms with Crippen LogP contribution in [0.3, 0.4) is 0 Å². The fourth-order valence-electron chi connectivity index (χ4n) is 3.96. The van der Waals surface area contributed by atoms with E-state index in [2.05, 4.69) is 16.5 Å². The lowest BCUT2D eigenvalue weighted by molar-refractivity contribution is -0.125. The number of hydrogen-bond acceptors (Lipinski definition) is 6. The molecule has 7 nitrogen and oxygen atoms in total. The summed E-state index contributed by atoms with van der Waals surface area (Å²) in [5, 5.41) is 17.5. The van der Waals surface area contributed by atoms with E-state index < -0.39 is 18.0 Å². The lowest BCUT2D eigenvalue weighted by atomic mass is 9.91. The molecule has 1 aromatic rings. The molecular formula is C21H28N2O5. The summed E-state index contributed by atoms with van der Waals surface area (Å²) >= 11 is 0. The molecule has 2 atom stereocenters. The first kappa shape index (κ1) is 20.4. The molecule has 1 aliphatic heterocycles. The van der Waals surface area contributed by atoms with E-state index in [9.17, 15) is 9.90 Å². The molecule has 0 saturated heterocycles. The average molecular weight is 388 g/mol. The summed E-state index contributed by atoms with van der Waals surface area (Å²) in [5.74, 6) is 0.360. The van der Waals surface area contributed by atoms with Crippen LogP contribution in [0.15, 0.2) is 23.0 Å². The Balaban J connectivity index is 2.13. The molecule has 7 heteroatoms. The SMILES string of the molecule is CCNC(=O)OC1=C(c2cc(C)c(C)cc2C)C(O)OC12CC/C(=N/OC)C2. The molecule has 1 aromatic carbocycles. The maximum absolute atomic E-state index is 12.3. The molecule has 2 unspecified atom stereocenters.